The third-order valence-corrected chi connectivity index (χ3v) is 3.75. The Morgan fingerprint density at radius 1 is 1.09 bits per heavy atom. The highest BCUT2D eigenvalue weighted by molar-refractivity contribution is 7.80. The summed E-state index contributed by atoms with van der Waals surface area (Å²) in [5, 5.41) is 7.04. The lowest BCUT2D eigenvalue weighted by Gasteiger charge is -2.20. The second kappa shape index (κ2) is 7.83. The molecule has 1 atom stereocenters. The minimum absolute atomic E-state index is 0.0233. The van der Waals surface area contributed by atoms with Gasteiger partial charge in [0.25, 0.3) is 0 Å². The largest absolute Gasteiger partial charge is 0.497 e. The number of hydrogen-bond donors (Lipinski definition) is 2. The molecule has 0 aliphatic heterocycles. The van der Waals surface area contributed by atoms with Gasteiger partial charge >= 0.3 is 0 Å². The Morgan fingerprint density at radius 3 is 2.52 bits per heavy atom. The summed E-state index contributed by atoms with van der Waals surface area (Å²) in [6.07, 6.45) is 0. The number of anilines is 1. The molecule has 5 heteroatoms. The first-order valence-corrected chi connectivity index (χ1v) is 7.80. The molecule has 23 heavy (non-hydrogen) atoms. The topological polar surface area (TPSA) is 42.5 Å². The Morgan fingerprint density at radius 2 is 1.87 bits per heavy atom. The zero-order valence-corrected chi connectivity index (χ0v) is 14.7. The number of thiocarbonyl (C=S) groups is 1. The second-order valence-electron chi connectivity index (χ2n) is 5.30. The summed E-state index contributed by atoms with van der Waals surface area (Å²) in [5.74, 6) is 1.58. The molecule has 0 unspecified atom stereocenters. The Kier molecular flexibility index (Phi) is 5.82. The lowest BCUT2D eigenvalue weighted by Crippen LogP contribution is -2.31. The van der Waals surface area contributed by atoms with Gasteiger partial charge in [-0.3, -0.25) is 0 Å². The Bertz CT molecular complexity index is 688. The van der Waals surface area contributed by atoms with Crippen molar-refractivity contribution in [3.05, 3.63) is 53.6 Å². The Hall–Kier alpha value is -2.27. The van der Waals surface area contributed by atoms with Gasteiger partial charge in [0.05, 0.1) is 20.3 Å². The zero-order chi connectivity index (χ0) is 16.8. The van der Waals surface area contributed by atoms with E-state index in [1.54, 1.807) is 14.2 Å². The predicted octanol–water partition coefficient (Wildman–Crippen LogP) is 4.06. The normalized spacial score (nSPS) is 11.5. The van der Waals surface area contributed by atoms with Crippen LogP contribution in [0.3, 0.4) is 0 Å². The van der Waals surface area contributed by atoms with E-state index in [1.807, 2.05) is 56.3 Å². The first-order valence-electron chi connectivity index (χ1n) is 7.39. The number of nitrogens with one attached hydrogen (secondary N) is 2. The quantitative estimate of drug-likeness (QED) is 0.809. The van der Waals surface area contributed by atoms with Crippen molar-refractivity contribution in [1.82, 2.24) is 5.32 Å². The first-order chi connectivity index (χ1) is 11.0. The summed E-state index contributed by atoms with van der Waals surface area (Å²) in [6, 6.07) is 13.8. The van der Waals surface area contributed by atoms with Crippen molar-refractivity contribution in [2.24, 2.45) is 0 Å². The van der Waals surface area contributed by atoms with E-state index in [2.05, 4.69) is 10.6 Å². The van der Waals surface area contributed by atoms with Crippen molar-refractivity contribution in [2.45, 2.75) is 19.9 Å². The van der Waals surface area contributed by atoms with Crippen molar-refractivity contribution in [1.29, 1.82) is 0 Å². The van der Waals surface area contributed by atoms with Gasteiger partial charge in [0.2, 0.25) is 0 Å². The highest BCUT2D eigenvalue weighted by Gasteiger charge is 2.14. The van der Waals surface area contributed by atoms with Crippen molar-refractivity contribution in [2.75, 3.05) is 19.5 Å². The summed E-state index contributed by atoms with van der Waals surface area (Å²) in [6.45, 7) is 4.08. The van der Waals surface area contributed by atoms with Crippen LogP contribution in [0, 0.1) is 6.92 Å². The van der Waals surface area contributed by atoms with E-state index in [1.165, 1.54) is 5.56 Å². The van der Waals surface area contributed by atoms with Crippen molar-refractivity contribution < 1.29 is 9.47 Å². The van der Waals surface area contributed by atoms with Gasteiger partial charge in [-0.15, -0.1) is 0 Å². The first kappa shape index (κ1) is 17.1. The molecule has 2 aromatic carbocycles. The summed E-state index contributed by atoms with van der Waals surface area (Å²) in [7, 11) is 3.30. The van der Waals surface area contributed by atoms with Gasteiger partial charge < -0.3 is 20.1 Å². The minimum Gasteiger partial charge on any atom is -0.497 e. The molecule has 0 amide bonds. The smallest absolute Gasteiger partial charge is 0.171 e. The molecule has 122 valence electrons. The SMILES string of the molecule is COc1ccc(OC)c([C@H](C)NC(=S)Nc2cccc(C)c2)c1. The van der Waals surface area contributed by atoms with Crippen LogP contribution in [-0.2, 0) is 0 Å². The fourth-order valence-electron chi connectivity index (χ4n) is 2.34. The summed E-state index contributed by atoms with van der Waals surface area (Å²) >= 11 is 5.40. The van der Waals surface area contributed by atoms with E-state index >= 15 is 0 Å². The highest BCUT2D eigenvalue weighted by Crippen LogP contribution is 2.29. The number of methoxy groups -OCH3 is 2. The summed E-state index contributed by atoms with van der Waals surface area (Å²) < 4.78 is 10.7. The lowest BCUT2D eigenvalue weighted by atomic mass is 10.1. The van der Waals surface area contributed by atoms with Crippen LogP contribution in [0.15, 0.2) is 42.5 Å². The number of hydrogen-bond acceptors (Lipinski definition) is 3. The average Bonchev–Trinajstić information content (AvgIpc) is 2.54. The van der Waals surface area contributed by atoms with E-state index in [9.17, 15) is 0 Å². The van der Waals surface area contributed by atoms with Crippen LogP contribution in [0.4, 0.5) is 5.69 Å². The van der Waals surface area contributed by atoms with Crippen molar-refractivity contribution in [3.8, 4) is 11.5 Å². The molecule has 4 nitrogen and oxygen atoms in total. The van der Waals surface area contributed by atoms with E-state index in [0.717, 1.165) is 22.7 Å². The third-order valence-electron chi connectivity index (χ3n) is 3.53. The molecule has 2 aromatic rings. The standard InChI is InChI=1S/C18H22N2O2S/c1-12-6-5-7-14(10-12)20-18(23)19-13(2)16-11-15(21-3)8-9-17(16)22-4/h5-11,13H,1-4H3,(H2,19,20,23)/t13-/m0/s1. The Labute approximate surface area is 142 Å². The summed E-state index contributed by atoms with van der Waals surface area (Å²) in [4.78, 5) is 0. The van der Waals surface area contributed by atoms with E-state index in [4.69, 9.17) is 21.7 Å². The van der Waals surface area contributed by atoms with Crippen LogP contribution >= 0.6 is 12.2 Å². The number of rotatable bonds is 5. The van der Waals surface area contributed by atoms with Crippen LogP contribution in [0.1, 0.15) is 24.1 Å². The van der Waals surface area contributed by atoms with Crippen LogP contribution in [0.2, 0.25) is 0 Å². The van der Waals surface area contributed by atoms with Gasteiger partial charge in [0.1, 0.15) is 11.5 Å². The number of benzene rings is 2. The van der Waals surface area contributed by atoms with Gasteiger partial charge in [-0.05, 0) is 62.0 Å². The van der Waals surface area contributed by atoms with Crippen LogP contribution in [-0.4, -0.2) is 19.3 Å². The van der Waals surface area contributed by atoms with Gasteiger partial charge in [-0.1, -0.05) is 12.1 Å². The fraction of sp³-hybridized carbons (Fsp3) is 0.278. The van der Waals surface area contributed by atoms with E-state index in [0.29, 0.717) is 5.11 Å². The highest BCUT2D eigenvalue weighted by atomic mass is 32.1. The summed E-state index contributed by atoms with van der Waals surface area (Å²) in [5.41, 5.74) is 3.13. The molecule has 0 fully saturated rings. The van der Waals surface area contributed by atoms with Gasteiger partial charge in [0.15, 0.2) is 5.11 Å². The molecule has 0 saturated heterocycles. The van der Waals surface area contributed by atoms with Gasteiger partial charge in [-0.2, -0.15) is 0 Å². The molecule has 0 saturated carbocycles. The van der Waals surface area contributed by atoms with E-state index in [-0.39, 0.29) is 6.04 Å². The molecule has 0 heterocycles. The average molecular weight is 330 g/mol. The molecule has 0 radical (unpaired) electrons. The molecular weight excluding hydrogens is 308 g/mol. The maximum Gasteiger partial charge on any atom is 0.171 e. The molecular formula is C18H22N2O2S. The molecule has 0 spiro atoms. The van der Waals surface area contributed by atoms with Crippen molar-refractivity contribution in [3.63, 3.8) is 0 Å². The molecule has 2 N–H and O–H groups in total. The maximum absolute atomic E-state index is 5.42. The molecule has 0 aliphatic carbocycles. The minimum atomic E-state index is -0.0233. The molecule has 0 bridgehead atoms. The predicted molar refractivity (Wildman–Crippen MR) is 98.5 cm³/mol. The van der Waals surface area contributed by atoms with E-state index < -0.39 is 0 Å². The monoisotopic (exact) mass is 330 g/mol. The van der Waals surface area contributed by atoms with Gasteiger partial charge in [0, 0.05) is 11.3 Å². The number of aryl methyl sites for hydroxylation is 1. The maximum atomic E-state index is 5.42. The molecule has 0 aromatic heterocycles. The van der Waals surface area contributed by atoms with Crippen LogP contribution in [0.25, 0.3) is 0 Å². The Balaban J connectivity index is 2.09. The molecule has 0 aliphatic rings. The lowest BCUT2D eigenvalue weighted by molar-refractivity contribution is 0.395. The van der Waals surface area contributed by atoms with Crippen molar-refractivity contribution >= 4 is 23.0 Å². The fourth-order valence-corrected chi connectivity index (χ4v) is 2.64. The van der Waals surface area contributed by atoms with Crippen LogP contribution in [0.5, 0.6) is 11.5 Å². The van der Waals surface area contributed by atoms with Crippen LogP contribution < -0.4 is 20.1 Å². The zero-order valence-electron chi connectivity index (χ0n) is 13.8. The second-order valence-corrected chi connectivity index (χ2v) is 5.71. The third kappa shape index (κ3) is 4.60. The number of ether oxygens (including phenoxy) is 2. The molecule has 2 rings (SSSR count). The van der Waals surface area contributed by atoms with Gasteiger partial charge in [-0.25, -0.2) is 0 Å².